The Morgan fingerprint density at radius 1 is 1.53 bits per heavy atom. The van der Waals surface area contributed by atoms with Crippen LogP contribution in [0.2, 0.25) is 0 Å². The van der Waals surface area contributed by atoms with Gasteiger partial charge in [0.25, 0.3) is 5.91 Å². The van der Waals surface area contributed by atoms with Crippen LogP contribution in [0.1, 0.15) is 17.3 Å². The van der Waals surface area contributed by atoms with Crippen molar-refractivity contribution in [1.82, 2.24) is 5.32 Å². The van der Waals surface area contributed by atoms with Crippen LogP contribution in [0.15, 0.2) is 18.2 Å². The lowest BCUT2D eigenvalue weighted by Crippen LogP contribution is -2.34. The van der Waals surface area contributed by atoms with E-state index in [1.54, 1.807) is 18.2 Å². The standard InChI is InChI=1S/C13H20N2O4/c1-3-19-11-6-4-5-10(14)12(11)13(17)15-7-9(16)8-18-2/h4-6,9,16H,3,7-8,14H2,1-2H3,(H,15,17). The SMILES string of the molecule is CCOc1cccc(N)c1C(=O)NCC(O)COC. The zero-order chi connectivity index (χ0) is 14.3. The lowest BCUT2D eigenvalue weighted by molar-refractivity contribution is 0.0609. The van der Waals surface area contributed by atoms with Crippen molar-refractivity contribution in [2.75, 3.05) is 32.6 Å². The maximum atomic E-state index is 12.0. The second-order valence-corrected chi connectivity index (χ2v) is 3.97. The summed E-state index contributed by atoms with van der Waals surface area (Å²) in [6.45, 7) is 2.51. The number of aliphatic hydroxyl groups excluding tert-OH is 1. The van der Waals surface area contributed by atoms with Crippen molar-refractivity contribution in [1.29, 1.82) is 0 Å². The topological polar surface area (TPSA) is 93.8 Å². The largest absolute Gasteiger partial charge is 0.493 e. The number of aliphatic hydroxyl groups is 1. The highest BCUT2D eigenvalue weighted by molar-refractivity contribution is 6.01. The number of methoxy groups -OCH3 is 1. The minimum atomic E-state index is -0.755. The first-order valence-electron chi connectivity index (χ1n) is 6.06. The molecule has 1 aromatic rings. The number of carbonyl (C=O) groups is 1. The Labute approximate surface area is 112 Å². The molecule has 0 aliphatic heterocycles. The van der Waals surface area contributed by atoms with Crippen LogP contribution in [0, 0.1) is 0 Å². The highest BCUT2D eigenvalue weighted by atomic mass is 16.5. The van der Waals surface area contributed by atoms with Gasteiger partial charge in [-0.25, -0.2) is 0 Å². The third-order valence-corrected chi connectivity index (χ3v) is 2.44. The molecule has 0 aliphatic rings. The summed E-state index contributed by atoms with van der Waals surface area (Å²) in [7, 11) is 1.48. The number of benzene rings is 1. The maximum Gasteiger partial charge on any atom is 0.257 e. The van der Waals surface area contributed by atoms with E-state index in [9.17, 15) is 9.90 Å². The molecule has 1 atom stereocenters. The molecule has 0 aliphatic carbocycles. The molecule has 0 saturated carbocycles. The Morgan fingerprint density at radius 3 is 2.89 bits per heavy atom. The summed E-state index contributed by atoms with van der Waals surface area (Å²) < 4.78 is 10.1. The Kier molecular flexibility index (Phi) is 6.11. The fraction of sp³-hybridized carbons (Fsp3) is 0.462. The number of nitrogens with one attached hydrogen (secondary N) is 1. The van der Waals surface area contributed by atoms with Gasteiger partial charge in [0, 0.05) is 19.3 Å². The van der Waals surface area contributed by atoms with Gasteiger partial charge < -0.3 is 25.6 Å². The van der Waals surface area contributed by atoms with Crippen LogP contribution in [-0.4, -0.2) is 44.0 Å². The maximum absolute atomic E-state index is 12.0. The van der Waals surface area contributed by atoms with Gasteiger partial charge in [0.15, 0.2) is 0 Å². The smallest absolute Gasteiger partial charge is 0.257 e. The summed E-state index contributed by atoms with van der Waals surface area (Å²) in [5, 5.41) is 12.1. The van der Waals surface area contributed by atoms with Crippen LogP contribution in [-0.2, 0) is 4.74 Å². The van der Waals surface area contributed by atoms with Gasteiger partial charge in [-0.05, 0) is 19.1 Å². The molecule has 106 valence electrons. The van der Waals surface area contributed by atoms with E-state index >= 15 is 0 Å². The van der Waals surface area contributed by atoms with Crippen molar-refractivity contribution in [2.24, 2.45) is 0 Å². The van der Waals surface area contributed by atoms with Crippen LogP contribution >= 0.6 is 0 Å². The molecule has 1 unspecified atom stereocenters. The number of rotatable bonds is 7. The Morgan fingerprint density at radius 2 is 2.26 bits per heavy atom. The van der Waals surface area contributed by atoms with Crippen LogP contribution in [0.4, 0.5) is 5.69 Å². The zero-order valence-corrected chi connectivity index (χ0v) is 11.2. The van der Waals surface area contributed by atoms with Crippen molar-refractivity contribution < 1.29 is 19.4 Å². The van der Waals surface area contributed by atoms with E-state index in [0.29, 0.717) is 18.0 Å². The monoisotopic (exact) mass is 268 g/mol. The molecule has 6 heteroatoms. The molecule has 19 heavy (non-hydrogen) atoms. The highest BCUT2D eigenvalue weighted by Gasteiger charge is 2.16. The third kappa shape index (κ3) is 4.42. The predicted molar refractivity (Wildman–Crippen MR) is 72.2 cm³/mol. The summed E-state index contributed by atoms with van der Waals surface area (Å²) in [6.07, 6.45) is -0.755. The van der Waals surface area contributed by atoms with Crippen LogP contribution in [0.3, 0.4) is 0 Å². The number of anilines is 1. The lowest BCUT2D eigenvalue weighted by Gasteiger charge is -2.14. The van der Waals surface area contributed by atoms with Gasteiger partial charge in [-0.3, -0.25) is 4.79 Å². The number of hydrogen-bond acceptors (Lipinski definition) is 5. The molecule has 0 spiro atoms. The quantitative estimate of drug-likeness (QED) is 0.622. The second kappa shape index (κ2) is 7.60. The van der Waals surface area contributed by atoms with Crippen molar-refractivity contribution in [3.8, 4) is 5.75 Å². The van der Waals surface area contributed by atoms with Gasteiger partial charge in [-0.1, -0.05) is 6.07 Å². The minimum absolute atomic E-state index is 0.0899. The first-order chi connectivity index (χ1) is 9.10. The highest BCUT2D eigenvalue weighted by Crippen LogP contribution is 2.24. The molecule has 0 radical (unpaired) electrons. The molecule has 0 heterocycles. The van der Waals surface area contributed by atoms with Gasteiger partial charge >= 0.3 is 0 Å². The normalized spacial score (nSPS) is 11.9. The molecular weight excluding hydrogens is 248 g/mol. The molecule has 6 nitrogen and oxygen atoms in total. The molecule has 0 bridgehead atoms. The molecule has 1 aromatic carbocycles. The van der Waals surface area contributed by atoms with Gasteiger partial charge in [-0.2, -0.15) is 0 Å². The molecule has 0 saturated heterocycles. The summed E-state index contributed by atoms with van der Waals surface area (Å²) in [6, 6.07) is 5.03. The Hall–Kier alpha value is -1.79. The van der Waals surface area contributed by atoms with Crippen LogP contribution in [0.25, 0.3) is 0 Å². The van der Waals surface area contributed by atoms with Crippen LogP contribution < -0.4 is 15.8 Å². The third-order valence-electron chi connectivity index (χ3n) is 2.44. The minimum Gasteiger partial charge on any atom is -0.493 e. The van der Waals surface area contributed by atoms with E-state index in [0.717, 1.165) is 0 Å². The molecule has 1 amide bonds. The van der Waals surface area contributed by atoms with E-state index in [1.165, 1.54) is 7.11 Å². The average Bonchev–Trinajstić information content (AvgIpc) is 2.37. The molecule has 4 N–H and O–H groups in total. The van der Waals surface area contributed by atoms with E-state index in [2.05, 4.69) is 5.32 Å². The number of hydrogen-bond donors (Lipinski definition) is 3. The number of nitrogen functional groups attached to an aromatic ring is 1. The lowest BCUT2D eigenvalue weighted by atomic mass is 10.1. The molecule has 1 rings (SSSR count). The first-order valence-corrected chi connectivity index (χ1v) is 6.06. The summed E-state index contributed by atoms with van der Waals surface area (Å²) >= 11 is 0. The zero-order valence-electron chi connectivity index (χ0n) is 11.2. The Bertz CT molecular complexity index is 423. The second-order valence-electron chi connectivity index (χ2n) is 3.97. The van der Waals surface area contributed by atoms with Crippen molar-refractivity contribution in [2.45, 2.75) is 13.0 Å². The van der Waals surface area contributed by atoms with Crippen molar-refractivity contribution in [3.63, 3.8) is 0 Å². The first kappa shape index (κ1) is 15.3. The van der Waals surface area contributed by atoms with Crippen molar-refractivity contribution >= 4 is 11.6 Å². The molecular formula is C13H20N2O4. The van der Waals surface area contributed by atoms with Gasteiger partial charge in [0.2, 0.25) is 0 Å². The Balaban J connectivity index is 2.75. The molecule has 0 aromatic heterocycles. The van der Waals surface area contributed by atoms with E-state index in [-0.39, 0.29) is 24.6 Å². The fourth-order valence-electron chi connectivity index (χ4n) is 1.62. The van der Waals surface area contributed by atoms with Gasteiger partial charge in [-0.15, -0.1) is 0 Å². The average molecular weight is 268 g/mol. The summed E-state index contributed by atoms with van der Waals surface area (Å²) in [4.78, 5) is 12.0. The van der Waals surface area contributed by atoms with Gasteiger partial charge in [0.05, 0.1) is 19.3 Å². The predicted octanol–water partition coefficient (Wildman–Crippen LogP) is 0.405. The summed E-state index contributed by atoms with van der Waals surface area (Å²) in [5.41, 5.74) is 6.41. The number of amides is 1. The van der Waals surface area contributed by atoms with Gasteiger partial charge in [0.1, 0.15) is 11.3 Å². The molecule has 0 fully saturated rings. The van der Waals surface area contributed by atoms with E-state index in [4.69, 9.17) is 15.2 Å². The number of nitrogens with two attached hydrogens (primary N) is 1. The van der Waals surface area contributed by atoms with E-state index in [1.807, 2.05) is 6.92 Å². The van der Waals surface area contributed by atoms with E-state index < -0.39 is 6.10 Å². The number of ether oxygens (including phenoxy) is 2. The number of carbonyl (C=O) groups excluding carboxylic acids is 1. The van der Waals surface area contributed by atoms with Crippen molar-refractivity contribution in [3.05, 3.63) is 23.8 Å². The van der Waals surface area contributed by atoms with Crippen LogP contribution in [0.5, 0.6) is 5.75 Å². The fourth-order valence-corrected chi connectivity index (χ4v) is 1.62. The summed E-state index contributed by atoms with van der Waals surface area (Å²) in [5.74, 6) is 0.0536.